The number of likely N-dealkylation sites (tertiary alicyclic amines) is 1. The predicted molar refractivity (Wildman–Crippen MR) is 88.2 cm³/mol. The lowest BCUT2D eigenvalue weighted by Crippen LogP contribution is -2.46. The van der Waals surface area contributed by atoms with Crippen molar-refractivity contribution in [1.82, 2.24) is 10.2 Å². The lowest BCUT2D eigenvalue weighted by molar-refractivity contribution is -0.135. The highest BCUT2D eigenvalue weighted by Gasteiger charge is 2.27. The average Bonchev–Trinajstić information content (AvgIpc) is 2.52. The first-order chi connectivity index (χ1) is 10.2. The van der Waals surface area contributed by atoms with Crippen molar-refractivity contribution >= 4 is 23.6 Å². The van der Waals surface area contributed by atoms with Gasteiger partial charge in [0.15, 0.2) is 0 Å². The van der Waals surface area contributed by atoms with Gasteiger partial charge in [0.2, 0.25) is 11.8 Å². The molecule has 0 bridgehead atoms. The van der Waals surface area contributed by atoms with Gasteiger partial charge in [0.05, 0.1) is 5.92 Å². The van der Waals surface area contributed by atoms with Crippen LogP contribution in [-0.2, 0) is 9.59 Å². The highest BCUT2D eigenvalue weighted by molar-refractivity contribution is 7.99. The van der Waals surface area contributed by atoms with Gasteiger partial charge < -0.3 is 16.0 Å². The Labute approximate surface area is 132 Å². The molecule has 1 unspecified atom stereocenters. The van der Waals surface area contributed by atoms with Gasteiger partial charge in [0.1, 0.15) is 0 Å². The van der Waals surface area contributed by atoms with E-state index < -0.39 is 0 Å². The zero-order valence-electron chi connectivity index (χ0n) is 13.1. The van der Waals surface area contributed by atoms with Crippen LogP contribution in [0.25, 0.3) is 0 Å². The van der Waals surface area contributed by atoms with Crippen LogP contribution in [0.15, 0.2) is 0 Å². The first-order valence-electron chi connectivity index (χ1n) is 8.02. The number of nitrogens with zero attached hydrogens (tertiary/aromatic N) is 1. The van der Waals surface area contributed by atoms with Crippen LogP contribution >= 0.6 is 11.8 Å². The lowest BCUT2D eigenvalue weighted by atomic mass is 9.97. The van der Waals surface area contributed by atoms with E-state index in [0.717, 1.165) is 30.9 Å². The van der Waals surface area contributed by atoms with Crippen molar-refractivity contribution in [1.29, 1.82) is 0 Å². The Hall–Kier alpha value is -0.750. The first-order valence-corrected chi connectivity index (χ1v) is 9.17. The van der Waals surface area contributed by atoms with E-state index in [0.29, 0.717) is 26.1 Å². The van der Waals surface area contributed by atoms with Crippen LogP contribution in [0.2, 0.25) is 0 Å². The van der Waals surface area contributed by atoms with E-state index in [1.165, 1.54) is 12.8 Å². The topological polar surface area (TPSA) is 75.4 Å². The summed E-state index contributed by atoms with van der Waals surface area (Å²) < 4.78 is 0. The third-order valence-electron chi connectivity index (χ3n) is 3.69. The second kappa shape index (κ2) is 10.9. The molecule has 0 spiro atoms. The molecular formula is C15H29N3O2S. The zero-order chi connectivity index (χ0) is 15.5. The summed E-state index contributed by atoms with van der Waals surface area (Å²) in [5, 5.41) is 2.82. The van der Waals surface area contributed by atoms with E-state index in [-0.39, 0.29) is 17.7 Å². The number of nitrogens with two attached hydrogens (primary N) is 1. The van der Waals surface area contributed by atoms with Crippen molar-refractivity contribution in [2.24, 2.45) is 11.7 Å². The maximum absolute atomic E-state index is 12.2. The third kappa shape index (κ3) is 7.18. The summed E-state index contributed by atoms with van der Waals surface area (Å²) in [6.07, 6.45) is 4.78. The summed E-state index contributed by atoms with van der Waals surface area (Å²) in [7, 11) is 0. The molecule has 0 aliphatic carbocycles. The second-order valence-electron chi connectivity index (χ2n) is 5.47. The van der Waals surface area contributed by atoms with Crippen molar-refractivity contribution in [2.45, 2.75) is 39.0 Å². The van der Waals surface area contributed by atoms with E-state index >= 15 is 0 Å². The van der Waals surface area contributed by atoms with Crippen molar-refractivity contribution in [3.05, 3.63) is 0 Å². The number of piperidine rings is 1. The normalized spacial score (nSPS) is 18.6. The van der Waals surface area contributed by atoms with Gasteiger partial charge in [-0.1, -0.05) is 13.3 Å². The molecule has 1 rings (SSSR count). The molecule has 1 atom stereocenters. The van der Waals surface area contributed by atoms with Gasteiger partial charge >= 0.3 is 0 Å². The van der Waals surface area contributed by atoms with Gasteiger partial charge in [-0.3, -0.25) is 9.59 Å². The van der Waals surface area contributed by atoms with Crippen LogP contribution < -0.4 is 11.1 Å². The van der Waals surface area contributed by atoms with E-state index in [1.54, 1.807) is 0 Å². The minimum Gasteiger partial charge on any atom is -0.355 e. The van der Waals surface area contributed by atoms with Gasteiger partial charge in [-0.2, -0.15) is 11.8 Å². The molecule has 1 heterocycles. The zero-order valence-corrected chi connectivity index (χ0v) is 13.9. The minimum absolute atomic E-state index is 0.0373. The number of carbonyl (C=O) groups excluding carboxylic acids is 2. The molecule has 6 heteroatoms. The van der Waals surface area contributed by atoms with Gasteiger partial charge in [-0.15, -0.1) is 0 Å². The van der Waals surface area contributed by atoms with Crippen molar-refractivity contribution in [3.63, 3.8) is 0 Å². The van der Waals surface area contributed by atoms with E-state index in [1.807, 2.05) is 16.7 Å². The van der Waals surface area contributed by atoms with Crippen molar-refractivity contribution in [3.8, 4) is 0 Å². The smallest absolute Gasteiger partial charge is 0.224 e. The average molecular weight is 315 g/mol. The monoisotopic (exact) mass is 315 g/mol. The van der Waals surface area contributed by atoms with Gasteiger partial charge in [-0.05, 0) is 25.0 Å². The molecule has 5 nitrogen and oxygen atoms in total. The van der Waals surface area contributed by atoms with E-state index in [4.69, 9.17) is 5.73 Å². The molecule has 2 amide bonds. The molecule has 122 valence electrons. The molecule has 1 fully saturated rings. The summed E-state index contributed by atoms with van der Waals surface area (Å²) >= 11 is 1.85. The highest BCUT2D eigenvalue weighted by Crippen LogP contribution is 2.18. The van der Waals surface area contributed by atoms with Crippen LogP contribution in [0, 0.1) is 5.92 Å². The number of hydrogen-bond donors (Lipinski definition) is 2. The Morgan fingerprint density at radius 3 is 2.90 bits per heavy atom. The number of nitrogens with one attached hydrogen (secondary N) is 1. The number of carbonyl (C=O) groups is 2. The summed E-state index contributed by atoms with van der Waals surface area (Å²) in [4.78, 5) is 26.0. The van der Waals surface area contributed by atoms with Crippen LogP contribution in [0.3, 0.4) is 0 Å². The summed E-state index contributed by atoms with van der Waals surface area (Å²) in [5.74, 6) is 2.18. The maximum Gasteiger partial charge on any atom is 0.224 e. The Bertz CT molecular complexity index is 326. The summed E-state index contributed by atoms with van der Waals surface area (Å²) in [5.41, 5.74) is 5.39. The molecule has 0 aromatic heterocycles. The molecule has 0 aromatic rings. The molecule has 1 aliphatic rings. The fourth-order valence-corrected chi connectivity index (χ4v) is 3.44. The Kier molecular flexibility index (Phi) is 9.50. The molecule has 0 radical (unpaired) electrons. The van der Waals surface area contributed by atoms with E-state index in [2.05, 4.69) is 12.2 Å². The molecule has 1 aliphatic heterocycles. The summed E-state index contributed by atoms with van der Waals surface area (Å²) in [6.45, 7) is 4.50. The molecular weight excluding hydrogens is 286 g/mol. The molecule has 0 saturated carbocycles. The molecule has 0 aromatic carbocycles. The van der Waals surface area contributed by atoms with Crippen LogP contribution in [0.1, 0.15) is 39.0 Å². The fraction of sp³-hybridized carbons (Fsp3) is 0.867. The van der Waals surface area contributed by atoms with Gasteiger partial charge in [0.25, 0.3) is 0 Å². The number of unbranched alkanes of at least 4 members (excludes halogenated alkanes) is 1. The van der Waals surface area contributed by atoms with E-state index in [9.17, 15) is 9.59 Å². The lowest BCUT2D eigenvalue weighted by Gasteiger charge is -2.32. The SMILES string of the molecule is CCCCSCCC(=O)N1CCCC(C(=O)NCCN)C1. The number of rotatable bonds is 9. The number of thioether (sulfide) groups is 1. The number of amides is 2. The van der Waals surface area contributed by atoms with Crippen molar-refractivity contribution < 1.29 is 9.59 Å². The van der Waals surface area contributed by atoms with Crippen molar-refractivity contribution in [2.75, 3.05) is 37.7 Å². The maximum atomic E-state index is 12.2. The van der Waals surface area contributed by atoms with Gasteiger partial charge in [-0.25, -0.2) is 0 Å². The quantitative estimate of drug-likeness (QED) is 0.627. The first kappa shape index (κ1) is 18.3. The Morgan fingerprint density at radius 2 is 2.19 bits per heavy atom. The van der Waals surface area contributed by atoms with Crippen LogP contribution in [0.4, 0.5) is 0 Å². The molecule has 21 heavy (non-hydrogen) atoms. The minimum atomic E-state index is -0.0676. The predicted octanol–water partition coefficient (Wildman–Crippen LogP) is 1.22. The fourth-order valence-electron chi connectivity index (χ4n) is 2.42. The molecule has 3 N–H and O–H groups in total. The van der Waals surface area contributed by atoms with Crippen LogP contribution in [0.5, 0.6) is 0 Å². The van der Waals surface area contributed by atoms with Crippen LogP contribution in [-0.4, -0.2) is 54.4 Å². The third-order valence-corrected chi connectivity index (χ3v) is 4.76. The number of hydrogen-bond acceptors (Lipinski definition) is 4. The molecule has 1 saturated heterocycles. The largest absolute Gasteiger partial charge is 0.355 e. The highest BCUT2D eigenvalue weighted by atomic mass is 32.2. The Balaban J connectivity index is 2.27. The Morgan fingerprint density at radius 1 is 1.38 bits per heavy atom. The van der Waals surface area contributed by atoms with Gasteiger partial charge in [0, 0.05) is 38.4 Å². The second-order valence-corrected chi connectivity index (χ2v) is 6.70. The summed E-state index contributed by atoms with van der Waals surface area (Å²) in [6, 6.07) is 0. The standard InChI is InChI=1S/C15H29N3O2S/c1-2-3-10-21-11-6-14(19)18-9-4-5-13(12-18)15(20)17-8-7-16/h13H,2-12,16H2,1H3,(H,17,20).